The van der Waals surface area contributed by atoms with Crippen molar-refractivity contribution < 1.29 is 14.3 Å². The van der Waals surface area contributed by atoms with Crippen LogP contribution in [0.2, 0.25) is 0 Å². The number of carbonyl (C=O) groups is 2. The lowest BCUT2D eigenvalue weighted by Gasteiger charge is -2.16. The van der Waals surface area contributed by atoms with E-state index in [4.69, 9.17) is 21.9 Å². The number of guanidine groups is 1. The Hall–Kier alpha value is -1.50. The van der Waals surface area contributed by atoms with Crippen LogP contribution in [-0.2, 0) is 14.3 Å². The zero-order valence-corrected chi connectivity index (χ0v) is 19.7. The summed E-state index contributed by atoms with van der Waals surface area (Å²) in [5, 5.41) is 0. The molecule has 0 aromatic heterocycles. The number of hydrogen-bond donors (Lipinski definition) is 3. The fourth-order valence-electron chi connectivity index (χ4n) is 3.30. The first-order chi connectivity index (χ1) is 14.0. The standard InChI is InChI=1S/C22H44N4O3.ClH/c1-2-3-4-5-6-7-8-9-10-11-12-16-21(28)29-19(18-20(23)27)15-13-14-17-26-22(24)25;/h19H,2-18H2,1H3,(H2,23,27)(H4,24,25,26);1H/t19-;/m0./s1. The summed E-state index contributed by atoms with van der Waals surface area (Å²) < 4.78 is 5.46. The highest BCUT2D eigenvalue weighted by Crippen LogP contribution is 2.14. The van der Waals surface area contributed by atoms with Crippen molar-refractivity contribution in [3.63, 3.8) is 0 Å². The average Bonchev–Trinajstić information content (AvgIpc) is 2.65. The van der Waals surface area contributed by atoms with E-state index in [-0.39, 0.29) is 30.8 Å². The summed E-state index contributed by atoms with van der Waals surface area (Å²) in [7, 11) is 0. The van der Waals surface area contributed by atoms with Crippen LogP contribution in [0, 0.1) is 0 Å². The highest BCUT2D eigenvalue weighted by molar-refractivity contribution is 5.85. The van der Waals surface area contributed by atoms with Gasteiger partial charge in [0.25, 0.3) is 0 Å². The normalized spacial score (nSPS) is 11.4. The van der Waals surface area contributed by atoms with Crippen LogP contribution in [0.5, 0.6) is 0 Å². The molecule has 178 valence electrons. The summed E-state index contributed by atoms with van der Waals surface area (Å²) >= 11 is 0. The predicted octanol–water partition coefficient (Wildman–Crippen LogP) is 4.34. The van der Waals surface area contributed by atoms with E-state index in [1.165, 1.54) is 51.4 Å². The zero-order chi connectivity index (χ0) is 21.7. The minimum Gasteiger partial charge on any atom is -0.462 e. The molecule has 7 nitrogen and oxygen atoms in total. The molecule has 0 spiro atoms. The molecular weight excluding hydrogens is 404 g/mol. The van der Waals surface area contributed by atoms with E-state index in [0.717, 1.165) is 32.1 Å². The Bertz CT molecular complexity index is 458. The van der Waals surface area contributed by atoms with E-state index in [1.54, 1.807) is 0 Å². The molecule has 0 saturated heterocycles. The number of rotatable bonds is 20. The first kappa shape index (κ1) is 30.7. The molecule has 1 atom stereocenters. The number of amides is 1. The monoisotopic (exact) mass is 448 g/mol. The zero-order valence-electron chi connectivity index (χ0n) is 18.9. The number of carbonyl (C=O) groups excluding carboxylic acids is 2. The number of halogens is 1. The van der Waals surface area contributed by atoms with Crippen LogP contribution in [0.25, 0.3) is 0 Å². The minimum atomic E-state index is -0.457. The molecule has 0 unspecified atom stereocenters. The van der Waals surface area contributed by atoms with Gasteiger partial charge in [0.05, 0.1) is 6.42 Å². The molecule has 0 bridgehead atoms. The maximum Gasteiger partial charge on any atom is 0.306 e. The second kappa shape index (κ2) is 22.2. The molecule has 8 heteroatoms. The van der Waals surface area contributed by atoms with Crippen molar-refractivity contribution in [2.24, 2.45) is 22.2 Å². The molecule has 1 amide bonds. The second-order valence-corrected chi connectivity index (χ2v) is 7.87. The highest BCUT2D eigenvalue weighted by atomic mass is 35.5. The van der Waals surface area contributed by atoms with Crippen molar-refractivity contribution in [1.29, 1.82) is 0 Å². The molecule has 0 aromatic carbocycles. The number of primary amides is 1. The SMILES string of the molecule is CCCCCCCCCCCCCC(=O)O[C@@H](CCCCN=C(N)N)CC(N)=O.Cl. The molecule has 0 aliphatic rings. The summed E-state index contributed by atoms with van der Waals surface area (Å²) in [6.45, 7) is 2.77. The maximum absolute atomic E-state index is 12.0. The Morgan fingerprint density at radius 3 is 1.83 bits per heavy atom. The van der Waals surface area contributed by atoms with E-state index < -0.39 is 12.0 Å². The van der Waals surface area contributed by atoms with Gasteiger partial charge in [-0.25, -0.2) is 0 Å². The summed E-state index contributed by atoms with van der Waals surface area (Å²) in [5.41, 5.74) is 15.8. The summed E-state index contributed by atoms with van der Waals surface area (Å²) in [5.74, 6) is -0.629. The Balaban J connectivity index is 0. The van der Waals surface area contributed by atoms with Crippen LogP contribution in [-0.4, -0.2) is 30.5 Å². The molecule has 0 fully saturated rings. The lowest BCUT2D eigenvalue weighted by Crippen LogP contribution is -2.25. The van der Waals surface area contributed by atoms with Crippen molar-refractivity contribution in [2.75, 3.05) is 6.54 Å². The van der Waals surface area contributed by atoms with Crippen LogP contribution in [0.1, 0.15) is 110 Å². The third kappa shape index (κ3) is 22.8. The minimum absolute atomic E-state index is 0. The van der Waals surface area contributed by atoms with Crippen molar-refractivity contribution in [3.05, 3.63) is 0 Å². The summed E-state index contributed by atoms with van der Waals surface area (Å²) in [6.07, 6.45) is 15.8. The second-order valence-electron chi connectivity index (χ2n) is 7.87. The fourth-order valence-corrected chi connectivity index (χ4v) is 3.30. The first-order valence-corrected chi connectivity index (χ1v) is 11.5. The van der Waals surface area contributed by atoms with Gasteiger partial charge in [-0.05, 0) is 25.7 Å². The fraction of sp³-hybridized carbons (Fsp3) is 0.864. The molecule has 30 heavy (non-hydrogen) atoms. The molecule has 0 radical (unpaired) electrons. The predicted molar refractivity (Wildman–Crippen MR) is 127 cm³/mol. The highest BCUT2D eigenvalue weighted by Gasteiger charge is 2.16. The van der Waals surface area contributed by atoms with Gasteiger partial charge in [0.2, 0.25) is 5.91 Å². The lowest BCUT2D eigenvalue weighted by atomic mass is 10.1. The van der Waals surface area contributed by atoms with Crippen molar-refractivity contribution in [2.45, 2.75) is 116 Å². The third-order valence-corrected chi connectivity index (χ3v) is 4.94. The average molecular weight is 449 g/mol. The molecule has 0 aliphatic carbocycles. The van der Waals surface area contributed by atoms with Crippen LogP contribution in [0.4, 0.5) is 0 Å². The van der Waals surface area contributed by atoms with Crippen LogP contribution in [0.15, 0.2) is 4.99 Å². The smallest absolute Gasteiger partial charge is 0.306 e. The van der Waals surface area contributed by atoms with Crippen LogP contribution in [0.3, 0.4) is 0 Å². The van der Waals surface area contributed by atoms with Gasteiger partial charge in [-0.15, -0.1) is 12.4 Å². The van der Waals surface area contributed by atoms with Gasteiger partial charge in [0, 0.05) is 13.0 Å². The molecule has 0 rings (SSSR count). The lowest BCUT2D eigenvalue weighted by molar-refractivity contribution is -0.150. The molecular formula is C22H45ClN4O3. The van der Waals surface area contributed by atoms with Crippen LogP contribution >= 0.6 is 12.4 Å². The van der Waals surface area contributed by atoms with E-state index >= 15 is 0 Å². The van der Waals surface area contributed by atoms with Crippen molar-refractivity contribution >= 4 is 30.2 Å². The number of hydrogen-bond acceptors (Lipinski definition) is 4. The van der Waals surface area contributed by atoms with E-state index in [1.807, 2.05) is 0 Å². The summed E-state index contributed by atoms with van der Waals surface area (Å²) in [6, 6.07) is 0. The quantitative estimate of drug-likeness (QED) is 0.110. The van der Waals surface area contributed by atoms with Gasteiger partial charge in [0.1, 0.15) is 6.10 Å². The van der Waals surface area contributed by atoms with Crippen molar-refractivity contribution in [1.82, 2.24) is 0 Å². The Labute approximate surface area is 189 Å². The van der Waals surface area contributed by atoms with Gasteiger partial charge in [-0.1, -0.05) is 71.1 Å². The summed E-state index contributed by atoms with van der Waals surface area (Å²) in [4.78, 5) is 27.2. The molecule has 0 heterocycles. The molecule has 0 saturated carbocycles. The van der Waals surface area contributed by atoms with Gasteiger partial charge >= 0.3 is 5.97 Å². The van der Waals surface area contributed by atoms with Gasteiger partial charge in [-0.3, -0.25) is 14.6 Å². The Kier molecular flexibility index (Phi) is 22.7. The number of aliphatic imine (C=N–C) groups is 1. The number of unbranched alkanes of at least 4 members (excludes halogenated alkanes) is 11. The number of nitrogens with two attached hydrogens (primary N) is 3. The van der Waals surface area contributed by atoms with Crippen molar-refractivity contribution in [3.8, 4) is 0 Å². The Morgan fingerprint density at radius 1 is 0.800 bits per heavy atom. The third-order valence-electron chi connectivity index (χ3n) is 4.94. The Morgan fingerprint density at radius 2 is 1.33 bits per heavy atom. The van der Waals surface area contributed by atoms with Gasteiger partial charge in [0.15, 0.2) is 5.96 Å². The largest absolute Gasteiger partial charge is 0.462 e. The number of nitrogens with zero attached hydrogens (tertiary/aromatic N) is 1. The first-order valence-electron chi connectivity index (χ1n) is 11.5. The number of esters is 1. The molecule has 0 aromatic rings. The number of ether oxygens (including phenoxy) is 1. The molecule has 0 aliphatic heterocycles. The van der Waals surface area contributed by atoms with Gasteiger partial charge < -0.3 is 21.9 Å². The van der Waals surface area contributed by atoms with Gasteiger partial charge in [-0.2, -0.15) is 0 Å². The van der Waals surface area contributed by atoms with E-state index in [0.29, 0.717) is 19.4 Å². The molecule has 6 N–H and O–H groups in total. The van der Waals surface area contributed by atoms with Crippen LogP contribution < -0.4 is 17.2 Å². The topological polar surface area (TPSA) is 134 Å². The van der Waals surface area contributed by atoms with E-state index in [2.05, 4.69) is 11.9 Å². The van der Waals surface area contributed by atoms with E-state index in [9.17, 15) is 9.59 Å². The maximum atomic E-state index is 12.0.